The number of likely N-dealkylation sites (N-methyl/N-ethyl adjacent to an activating group) is 1. The van der Waals surface area contributed by atoms with Crippen molar-refractivity contribution in [3.05, 3.63) is 35.6 Å². The third-order valence-electron chi connectivity index (χ3n) is 5.37. The van der Waals surface area contributed by atoms with Crippen molar-refractivity contribution >= 4 is 16.9 Å². The molecule has 1 aromatic carbocycles. The summed E-state index contributed by atoms with van der Waals surface area (Å²) in [5.74, 6) is 0.805. The Kier molecular flexibility index (Phi) is 6.33. The molecule has 5 heteroatoms. The number of piperazine rings is 1. The molecule has 0 aliphatic carbocycles. The molecule has 2 aromatic rings. The quantitative estimate of drug-likeness (QED) is 0.827. The molecule has 142 valence electrons. The largest absolute Gasteiger partial charge is 0.460 e. The zero-order chi connectivity index (χ0) is 18.5. The predicted molar refractivity (Wildman–Crippen MR) is 106 cm³/mol. The van der Waals surface area contributed by atoms with Gasteiger partial charge in [-0.1, -0.05) is 31.5 Å². The van der Waals surface area contributed by atoms with E-state index < -0.39 is 0 Å². The number of carbonyl (C=O) groups excluding carboxylic acids is 1. The van der Waals surface area contributed by atoms with Crippen LogP contribution >= 0.6 is 0 Å². The number of nitrogens with zero attached hydrogens (tertiary/aromatic N) is 2. The van der Waals surface area contributed by atoms with Gasteiger partial charge in [-0.3, -0.25) is 9.69 Å². The first-order valence-electron chi connectivity index (χ1n) is 9.81. The predicted octanol–water partition coefficient (Wildman–Crippen LogP) is 3.14. The maximum absolute atomic E-state index is 12.9. The number of furan rings is 1. The Morgan fingerprint density at radius 1 is 1.23 bits per heavy atom. The molecule has 2 heterocycles. The van der Waals surface area contributed by atoms with Crippen molar-refractivity contribution in [2.75, 3.05) is 39.8 Å². The molecule has 1 N–H and O–H groups in total. The van der Waals surface area contributed by atoms with Crippen LogP contribution < -0.4 is 5.32 Å². The van der Waals surface area contributed by atoms with Gasteiger partial charge in [0.25, 0.3) is 5.91 Å². The Labute approximate surface area is 156 Å². The molecule has 5 nitrogen and oxygen atoms in total. The van der Waals surface area contributed by atoms with Gasteiger partial charge in [-0.25, -0.2) is 0 Å². The van der Waals surface area contributed by atoms with Gasteiger partial charge in [0.2, 0.25) is 0 Å². The fraction of sp³-hybridized carbons (Fsp3) is 0.571. The topological polar surface area (TPSA) is 48.7 Å². The Morgan fingerprint density at radius 2 is 1.96 bits per heavy atom. The van der Waals surface area contributed by atoms with Gasteiger partial charge in [-0.2, -0.15) is 0 Å². The van der Waals surface area contributed by atoms with Crippen molar-refractivity contribution in [1.82, 2.24) is 15.1 Å². The fourth-order valence-electron chi connectivity index (χ4n) is 3.58. The minimum absolute atomic E-state index is 0.0120. The SMILES string of the molecule is CCCCc1oc2ccccc2c1C(=O)NCC(C)N1CCN(C)CC1. The molecule has 1 amide bonds. The van der Waals surface area contributed by atoms with E-state index in [4.69, 9.17) is 4.42 Å². The first kappa shape index (κ1) is 18.9. The summed E-state index contributed by atoms with van der Waals surface area (Å²) in [6, 6.07) is 8.17. The van der Waals surface area contributed by atoms with Crippen LogP contribution in [-0.2, 0) is 6.42 Å². The molecule has 1 saturated heterocycles. The number of hydrogen-bond donors (Lipinski definition) is 1. The third-order valence-corrected chi connectivity index (χ3v) is 5.37. The number of carbonyl (C=O) groups is 1. The number of rotatable bonds is 7. The van der Waals surface area contributed by atoms with E-state index in [1.54, 1.807) is 0 Å². The van der Waals surface area contributed by atoms with Crippen LogP contribution in [0.2, 0.25) is 0 Å². The molecular weight excluding hydrogens is 326 g/mol. The number of aryl methyl sites for hydroxylation is 1. The van der Waals surface area contributed by atoms with Crippen LogP contribution in [0.15, 0.2) is 28.7 Å². The molecule has 0 radical (unpaired) electrons. The molecule has 1 aliphatic rings. The number of benzene rings is 1. The van der Waals surface area contributed by atoms with Crippen molar-refractivity contribution in [2.45, 2.75) is 39.2 Å². The highest BCUT2D eigenvalue weighted by atomic mass is 16.3. The zero-order valence-corrected chi connectivity index (χ0v) is 16.3. The molecule has 3 rings (SSSR count). The van der Waals surface area contributed by atoms with Crippen LogP contribution in [0.4, 0.5) is 0 Å². The summed E-state index contributed by atoms with van der Waals surface area (Å²) >= 11 is 0. The van der Waals surface area contributed by atoms with E-state index in [-0.39, 0.29) is 5.91 Å². The van der Waals surface area contributed by atoms with E-state index in [9.17, 15) is 4.79 Å². The van der Waals surface area contributed by atoms with Crippen molar-refractivity contribution < 1.29 is 9.21 Å². The summed E-state index contributed by atoms with van der Waals surface area (Å²) in [5.41, 5.74) is 1.52. The highest BCUT2D eigenvalue weighted by Gasteiger charge is 2.23. The lowest BCUT2D eigenvalue weighted by molar-refractivity contribution is 0.0903. The molecule has 0 spiro atoms. The average molecular weight is 357 g/mol. The van der Waals surface area contributed by atoms with Crippen molar-refractivity contribution in [3.8, 4) is 0 Å². The Bertz CT molecular complexity index is 732. The minimum atomic E-state index is -0.0120. The van der Waals surface area contributed by atoms with E-state index in [2.05, 4.69) is 36.0 Å². The molecular formula is C21H31N3O2. The zero-order valence-electron chi connectivity index (χ0n) is 16.3. The fourth-order valence-corrected chi connectivity index (χ4v) is 3.58. The van der Waals surface area contributed by atoms with Crippen LogP contribution in [0.5, 0.6) is 0 Å². The lowest BCUT2D eigenvalue weighted by Gasteiger charge is -2.36. The van der Waals surface area contributed by atoms with Gasteiger partial charge in [-0.05, 0) is 26.5 Å². The van der Waals surface area contributed by atoms with Gasteiger partial charge in [0, 0.05) is 50.6 Å². The van der Waals surface area contributed by atoms with E-state index in [1.807, 2.05) is 24.3 Å². The second-order valence-electron chi connectivity index (χ2n) is 7.40. The first-order chi connectivity index (χ1) is 12.6. The van der Waals surface area contributed by atoms with E-state index in [1.165, 1.54) is 0 Å². The molecule has 1 aromatic heterocycles. The molecule has 0 saturated carbocycles. The second kappa shape index (κ2) is 8.69. The Balaban J connectivity index is 1.68. The maximum Gasteiger partial charge on any atom is 0.255 e. The van der Waals surface area contributed by atoms with Gasteiger partial charge in [0.05, 0.1) is 5.56 Å². The van der Waals surface area contributed by atoms with E-state index in [0.29, 0.717) is 12.6 Å². The normalized spacial score (nSPS) is 17.5. The van der Waals surface area contributed by atoms with Crippen molar-refractivity contribution in [3.63, 3.8) is 0 Å². The van der Waals surface area contributed by atoms with Crippen LogP contribution in [0, 0.1) is 0 Å². The highest BCUT2D eigenvalue weighted by molar-refractivity contribution is 6.07. The lowest BCUT2D eigenvalue weighted by atomic mass is 10.1. The van der Waals surface area contributed by atoms with Crippen molar-refractivity contribution in [2.24, 2.45) is 0 Å². The standard InChI is InChI=1S/C21H31N3O2/c1-4-5-9-19-20(17-8-6-7-10-18(17)26-19)21(25)22-15-16(2)24-13-11-23(3)12-14-24/h6-8,10,16H,4-5,9,11-15H2,1-3H3,(H,22,25). The van der Waals surface area contributed by atoms with Crippen LogP contribution in [-0.4, -0.2) is 61.5 Å². The summed E-state index contributed by atoms with van der Waals surface area (Å²) in [4.78, 5) is 17.7. The number of unbranched alkanes of at least 4 members (excludes halogenated alkanes) is 1. The first-order valence-corrected chi connectivity index (χ1v) is 9.81. The third kappa shape index (κ3) is 4.27. The van der Waals surface area contributed by atoms with Crippen molar-refractivity contribution in [1.29, 1.82) is 0 Å². The highest BCUT2D eigenvalue weighted by Crippen LogP contribution is 2.27. The molecule has 1 unspecified atom stereocenters. The van der Waals surface area contributed by atoms with E-state index >= 15 is 0 Å². The number of amides is 1. The van der Waals surface area contributed by atoms with Gasteiger partial charge in [0.15, 0.2) is 0 Å². The summed E-state index contributed by atoms with van der Waals surface area (Å²) in [6.07, 6.45) is 2.91. The number of fused-ring (bicyclic) bond motifs is 1. The molecule has 1 atom stereocenters. The van der Waals surface area contributed by atoms with Crippen LogP contribution in [0.3, 0.4) is 0 Å². The Morgan fingerprint density at radius 3 is 2.69 bits per heavy atom. The summed E-state index contributed by atoms with van der Waals surface area (Å²) in [6.45, 7) is 9.30. The average Bonchev–Trinajstić information content (AvgIpc) is 3.03. The molecule has 26 heavy (non-hydrogen) atoms. The summed E-state index contributed by atoms with van der Waals surface area (Å²) in [5, 5.41) is 4.07. The van der Waals surface area contributed by atoms with Crippen LogP contribution in [0.1, 0.15) is 42.8 Å². The van der Waals surface area contributed by atoms with Gasteiger partial charge >= 0.3 is 0 Å². The molecule has 0 bridgehead atoms. The lowest BCUT2D eigenvalue weighted by Crippen LogP contribution is -2.51. The number of hydrogen-bond acceptors (Lipinski definition) is 4. The smallest absolute Gasteiger partial charge is 0.255 e. The van der Waals surface area contributed by atoms with Gasteiger partial charge in [-0.15, -0.1) is 0 Å². The van der Waals surface area contributed by atoms with Gasteiger partial charge < -0.3 is 14.6 Å². The van der Waals surface area contributed by atoms with E-state index in [0.717, 1.165) is 67.7 Å². The van der Waals surface area contributed by atoms with Crippen LogP contribution in [0.25, 0.3) is 11.0 Å². The molecule has 1 aliphatic heterocycles. The second-order valence-corrected chi connectivity index (χ2v) is 7.40. The summed E-state index contributed by atoms with van der Waals surface area (Å²) < 4.78 is 5.98. The maximum atomic E-state index is 12.9. The number of para-hydroxylation sites is 1. The number of nitrogens with one attached hydrogen (secondary N) is 1. The summed E-state index contributed by atoms with van der Waals surface area (Å²) in [7, 11) is 2.16. The minimum Gasteiger partial charge on any atom is -0.460 e. The van der Waals surface area contributed by atoms with Gasteiger partial charge in [0.1, 0.15) is 11.3 Å². The molecule has 1 fully saturated rings. The monoisotopic (exact) mass is 357 g/mol. The Hall–Kier alpha value is -1.85.